The highest BCUT2D eigenvalue weighted by atomic mass is 32.1. The van der Waals surface area contributed by atoms with Gasteiger partial charge in [0.15, 0.2) is 5.84 Å². The van der Waals surface area contributed by atoms with Crippen LogP contribution in [0.3, 0.4) is 0 Å². The van der Waals surface area contributed by atoms with Crippen LogP contribution in [-0.4, -0.2) is 29.3 Å². The molecule has 0 fully saturated rings. The minimum Gasteiger partial charge on any atom is -0.351 e. The van der Waals surface area contributed by atoms with Crippen molar-refractivity contribution in [2.75, 3.05) is 13.6 Å². The van der Waals surface area contributed by atoms with Crippen molar-refractivity contribution < 1.29 is 4.39 Å². The minimum absolute atomic E-state index is 0.249. The molecule has 78 valence electrons. The van der Waals surface area contributed by atoms with E-state index in [0.717, 1.165) is 11.4 Å². The van der Waals surface area contributed by atoms with Gasteiger partial charge in [-0.15, -0.1) is 0 Å². The Hall–Kier alpha value is -1.49. The third-order valence-electron chi connectivity index (χ3n) is 2.13. The summed E-state index contributed by atoms with van der Waals surface area (Å²) < 4.78 is 12.7. The summed E-state index contributed by atoms with van der Waals surface area (Å²) in [6.07, 6.45) is 0. The molecular formula is C10H10FN3S. The van der Waals surface area contributed by atoms with Gasteiger partial charge in [0, 0.05) is 12.6 Å². The molecule has 0 unspecified atom stereocenters. The van der Waals surface area contributed by atoms with Crippen LogP contribution >= 0.6 is 12.2 Å². The first-order valence-electron chi connectivity index (χ1n) is 4.50. The number of nitrogens with zero attached hydrogens (tertiary/aromatic N) is 2. The van der Waals surface area contributed by atoms with E-state index in [-0.39, 0.29) is 5.82 Å². The second-order valence-electron chi connectivity index (χ2n) is 3.33. The van der Waals surface area contributed by atoms with E-state index < -0.39 is 0 Å². The Bertz CT molecular complexity index is 413. The molecule has 0 radical (unpaired) electrons. The van der Waals surface area contributed by atoms with Crippen LogP contribution in [0.25, 0.3) is 0 Å². The number of amidine groups is 1. The molecule has 0 bridgehead atoms. The molecule has 1 N–H and O–H groups in total. The first kappa shape index (κ1) is 10.0. The number of nitrogens with one attached hydrogen (secondary N) is 1. The Morgan fingerprint density at radius 3 is 2.67 bits per heavy atom. The molecule has 3 nitrogen and oxygen atoms in total. The summed E-state index contributed by atoms with van der Waals surface area (Å²) in [4.78, 5) is 2.61. The summed E-state index contributed by atoms with van der Waals surface area (Å²) in [5, 5.41) is 4.12. The summed E-state index contributed by atoms with van der Waals surface area (Å²) in [7, 11) is 1.90. The predicted molar refractivity (Wildman–Crippen MR) is 61.3 cm³/mol. The molecule has 0 spiro atoms. The lowest BCUT2D eigenvalue weighted by atomic mass is 10.2. The van der Waals surface area contributed by atoms with Gasteiger partial charge < -0.3 is 4.90 Å². The monoisotopic (exact) mass is 223 g/mol. The van der Waals surface area contributed by atoms with Gasteiger partial charge in [0.05, 0.1) is 6.54 Å². The number of hydrazone groups is 1. The van der Waals surface area contributed by atoms with Gasteiger partial charge in [-0.25, -0.2) is 4.39 Å². The molecule has 0 saturated carbocycles. The van der Waals surface area contributed by atoms with Crippen LogP contribution in [0.5, 0.6) is 0 Å². The zero-order valence-electron chi connectivity index (χ0n) is 8.20. The molecule has 0 amide bonds. The average Bonchev–Trinajstić information content (AvgIpc) is 2.20. The molecule has 1 aliphatic heterocycles. The minimum atomic E-state index is -0.249. The SMILES string of the molecule is CN1CC(=S)NN=C1c1ccc(F)cc1. The molecule has 1 aliphatic rings. The summed E-state index contributed by atoms with van der Waals surface area (Å²) in [6.45, 7) is 0.630. The maximum atomic E-state index is 12.7. The fraction of sp³-hybridized carbons (Fsp3) is 0.200. The van der Waals surface area contributed by atoms with Gasteiger partial charge >= 0.3 is 0 Å². The lowest BCUT2D eigenvalue weighted by Gasteiger charge is -2.25. The van der Waals surface area contributed by atoms with Crippen molar-refractivity contribution in [1.29, 1.82) is 0 Å². The zero-order chi connectivity index (χ0) is 10.8. The van der Waals surface area contributed by atoms with E-state index in [0.29, 0.717) is 11.5 Å². The summed E-state index contributed by atoms with van der Waals surface area (Å²) in [6, 6.07) is 6.22. The molecule has 1 aromatic carbocycles. The van der Waals surface area contributed by atoms with Crippen LogP contribution in [0.15, 0.2) is 29.4 Å². The van der Waals surface area contributed by atoms with E-state index in [1.165, 1.54) is 12.1 Å². The van der Waals surface area contributed by atoms with E-state index in [9.17, 15) is 4.39 Å². The Balaban J connectivity index is 2.31. The van der Waals surface area contributed by atoms with Crippen LogP contribution < -0.4 is 5.43 Å². The second-order valence-corrected chi connectivity index (χ2v) is 3.83. The van der Waals surface area contributed by atoms with Crippen LogP contribution in [0.4, 0.5) is 4.39 Å². The highest BCUT2D eigenvalue weighted by Crippen LogP contribution is 2.08. The summed E-state index contributed by atoms with van der Waals surface area (Å²) >= 11 is 4.99. The first-order chi connectivity index (χ1) is 7.16. The number of benzene rings is 1. The van der Waals surface area contributed by atoms with Crippen molar-refractivity contribution in [1.82, 2.24) is 10.3 Å². The topological polar surface area (TPSA) is 27.6 Å². The number of hydrogen-bond acceptors (Lipinski definition) is 3. The standard InChI is InChI=1S/C10H10FN3S/c1-14-6-9(15)12-13-10(14)7-2-4-8(11)5-3-7/h2-5H,6H2,1H3,(H,12,15). The van der Waals surface area contributed by atoms with Gasteiger partial charge in [-0.05, 0) is 24.3 Å². The quantitative estimate of drug-likeness (QED) is 0.728. The van der Waals surface area contributed by atoms with Gasteiger partial charge in [-0.1, -0.05) is 12.2 Å². The van der Waals surface area contributed by atoms with Crippen molar-refractivity contribution in [3.05, 3.63) is 35.6 Å². The number of hydrogen-bond donors (Lipinski definition) is 1. The third-order valence-corrected chi connectivity index (χ3v) is 2.35. The summed E-state index contributed by atoms with van der Waals surface area (Å²) in [5.74, 6) is 0.518. The van der Waals surface area contributed by atoms with E-state index in [2.05, 4.69) is 10.5 Å². The molecule has 2 rings (SSSR count). The first-order valence-corrected chi connectivity index (χ1v) is 4.91. The molecule has 0 atom stereocenters. The fourth-order valence-electron chi connectivity index (χ4n) is 1.41. The predicted octanol–water partition coefficient (Wildman–Crippen LogP) is 1.35. The number of rotatable bonds is 1. The third kappa shape index (κ3) is 2.12. The molecule has 0 saturated heterocycles. The molecular weight excluding hydrogens is 213 g/mol. The molecule has 5 heteroatoms. The summed E-state index contributed by atoms with van der Waals surface area (Å²) in [5.41, 5.74) is 3.63. The van der Waals surface area contributed by atoms with Crippen LogP contribution in [-0.2, 0) is 0 Å². The Morgan fingerprint density at radius 1 is 1.40 bits per heavy atom. The smallest absolute Gasteiger partial charge is 0.156 e. The maximum absolute atomic E-state index is 12.7. The average molecular weight is 223 g/mol. The molecule has 15 heavy (non-hydrogen) atoms. The fourth-order valence-corrected chi connectivity index (χ4v) is 1.65. The van der Waals surface area contributed by atoms with Gasteiger partial charge in [-0.3, -0.25) is 5.43 Å². The molecule has 0 aliphatic carbocycles. The number of halogens is 1. The normalized spacial score (nSPS) is 16.0. The van der Waals surface area contributed by atoms with Crippen LogP contribution in [0.2, 0.25) is 0 Å². The lowest BCUT2D eigenvalue weighted by molar-refractivity contribution is 0.554. The number of thiocarbonyl (C=S) groups is 1. The van der Waals surface area contributed by atoms with Gasteiger partial charge in [-0.2, -0.15) is 5.10 Å². The highest BCUT2D eigenvalue weighted by molar-refractivity contribution is 7.80. The van der Waals surface area contributed by atoms with Gasteiger partial charge in [0.25, 0.3) is 0 Å². The van der Waals surface area contributed by atoms with E-state index >= 15 is 0 Å². The van der Waals surface area contributed by atoms with Crippen molar-refractivity contribution in [3.63, 3.8) is 0 Å². The van der Waals surface area contributed by atoms with Crippen LogP contribution in [0, 0.1) is 5.82 Å². The molecule has 0 aromatic heterocycles. The van der Waals surface area contributed by atoms with Crippen molar-refractivity contribution in [2.45, 2.75) is 0 Å². The largest absolute Gasteiger partial charge is 0.351 e. The zero-order valence-corrected chi connectivity index (χ0v) is 9.01. The van der Waals surface area contributed by atoms with Crippen LogP contribution in [0.1, 0.15) is 5.56 Å². The highest BCUT2D eigenvalue weighted by Gasteiger charge is 2.15. The Morgan fingerprint density at radius 2 is 2.07 bits per heavy atom. The lowest BCUT2D eigenvalue weighted by Crippen LogP contribution is -2.42. The number of likely N-dealkylation sites (N-methyl/N-ethyl adjacent to an activating group) is 1. The second kappa shape index (κ2) is 3.94. The van der Waals surface area contributed by atoms with Crippen molar-refractivity contribution in [2.24, 2.45) is 5.10 Å². The maximum Gasteiger partial charge on any atom is 0.156 e. The van der Waals surface area contributed by atoms with Gasteiger partial charge in [0.1, 0.15) is 10.8 Å². The Labute approximate surface area is 92.6 Å². The van der Waals surface area contributed by atoms with E-state index in [4.69, 9.17) is 12.2 Å². The molecule has 1 heterocycles. The molecule has 1 aromatic rings. The van der Waals surface area contributed by atoms with Gasteiger partial charge in [0.2, 0.25) is 0 Å². The van der Waals surface area contributed by atoms with E-state index in [1.807, 2.05) is 11.9 Å². The van der Waals surface area contributed by atoms with Crippen molar-refractivity contribution in [3.8, 4) is 0 Å². The van der Waals surface area contributed by atoms with Crippen molar-refractivity contribution >= 4 is 23.0 Å². The Kier molecular flexibility index (Phi) is 2.64. The van der Waals surface area contributed by atoms with E-state index in [1.54, 1.807) is 12.1 Å².